The Balaban J connectivity index is 2.33. The van der Waals surface area contributed by atoms with Crippen molar-refractivity contribution in [3.8, 4) is 11.3 Å². The van der Waals surface area contributed by atoms with Crippen LogP contribution in [0.25, 0.3) is 16.8 Å². The zero-order chi connectivity index (χ0) is 11.0. The maximum Gasteiger partial charge on any atom is 0.154 e. The first-order chi connectivity index (χ1) is 7.86. The average molecular weight is 230 g/mol. The quantitative estimate of drug-likeness (QED) is 0.642. The molecule has 16 heavy (non-hydrogen) atoms. The maximum absolute atomic E-state index is 5.99. The minimum absolute atomic E-state index is 0.470. The second-order valence-corrected chi connectivity index (χ2v) is 3.81. The highest BCUT2D eigenvalue weighted by molar-refractivity contribution is 6.32. The number of halogens is 1. The Morgan fingerprint density at radius 2 is 1.88 bits per heavy atom. The number of hydrogen-bond donors (Lipinski definition) is 0. The number of imidazole rings is 1. The summed E-state index contributed by atoms with van der Waals surface area (Å²) >= 11 is 5.99. The lowest BCUT2D eigenvalue weighted by Crippen LogP contribution is -1.92. The van der Waals surface area contributed by atoms with Gasteiger partial charge in [-0.05, 0) is 0 Å². The van der Waals surface area contributed by atoms with Gasteiger partial charge in [0, 0.05) is 5.56 Å². The summed E-state index contributed by atoms with van der Waals surface area (Å²) in [4.78, 5) is 8.25. The normalized spacial score (nSPS) is 10.8. The molecule has 0 saturated heterocycles. The first-order valence-electron chi connectivity index (χ1n) is 4.88. The minimum Gasteiger partial charge on any atom is -0.294 e. The van der Waals surface area contributed by atoms with E-state index in [2.05, 4.69) is 9.97 Å². The SMILES string of the molecule is Clc1ncc(-c2ccccc2)n2cncc12. The molecule has 0 amide bonds. The summed E-state index contributed by atoms with van der Waals surface area (Å²) in [5.74, 6) is 0. The van der Waals surface area contributed by atoms with Gasteiger partial charge in [0.05, 0.1) is 24.4 Å². The third-order valence-corrected chi connectivity index (χ3v) is 2.77. The molecule has 0 aliphatic heterocycles. The van der Waals surface area contributed by atoms with Gasteiger partial charge in [-0.25, -0.2) is 9.97 Å². The van der Waals surface area contributed by atoms with Crippen LogP contribution in [0.2, 0.25) is 5.15 Å². The van der Waals surface area contributed by atoms with Gasteiger partial charge in [0.2, 0.25) is 0 Å². The Morgan fingerprint density at radius 3 is 2.69 bits per heavy atom. The molecular formula is C12H8ClN3. The zero-order valence-electron chi connectivity index (χ0n) is 8.34. The maximum atomic E-state index is 5.99. The number of benzene rings is 1. The van der Waals surface area contributed by atoms with Crippen molar-refractivity contribution in [2.75, 3.05) is 0 Å². The summed E-state index contributed by atoms with van der Waals surface area (Å²) in [7, 11) is 0. The molecule has 0 radical (unpaired) electrons. The molecule has 0 N–H and O–H groups in total. The fourth-order valence-corrected chi connectivity index (χ4v) is 1.90. The number of fused-ring (bicyclic) bond motifs is 1. The first-order valence-corrected chi connectivity index (χ1v) is 5.26. The molecule has 2 heterocycles. The van der Waals surface area contributed by atoms with Gasteiger partial charge in [0.15, 0.2) is 5.15 Å². The van der Waals surface area contributed by atoms with E-state index in [0.717, 1.165) is 16.8 Å². The van der Waals surface area contributed by atoms with Crippen molar-refractivity contribution in [1.82, 2.24) is 14.4 Å². The van der Waals surface area contributed by atoms with Crippen LogP contribution in [0.5, 0.6) is 0 Å². The molecule has 78 valence electrons. The van der Waals surface area contributed by atoms with Crippen LogP contribution in [0.3, 0.4) is 0 Å². The van der Waals surface area contributed by atoms with E-state index in [9.17, 15) is 0 Å². The largest absolute Gasteiger partial charge is 0.294 e. The van der Waals surface area contributed by atoms with Crippen molar-refractivity contribution < 1.29 is 0 Å². The summed E-state index contributed by atoms with van der Waals surface area (Å²) < 4.78 is 1.94. The van der Waals surface area contributed by atoms with Crippen molar-refractivity contribution in [2.24, 2.45) is 0 Å². The summed E-state index contributed by atoms with van der Waals surface area (Å²) in [6, 6.07) is 10.0. The van der Waals surface area contributed by atoms with Crippen LogP contribution >= 0.6 is 11.6 Å². The second kappa shape index (κ2) is 3.61. The second-order valence-electron chi connectivity index (χ2n) is 3.45. The first kappa shape index (κ1) is 9.36. The molecular weight excluding hydrogens is 222 g/mol. The molecule has 4 heteroatoms. The minimum atomic E-state index is 0.470. The van der Waals surface area contributed by atoms with Gasteiger partial charge in [0.1, 0.15) is 5.52 Å². The van der Waals surface area contributed by atoms with E-state index in [1.165, 1.54) is 0 Å². The zero-order valence-corrected chi connectivity index (χ0v) is 9.09. The number of nitrogens with zero attached hydrogens (tertiary/aromatic N) is 3. The predicted molar refractivity (Wildman–Crippen MR) is 63.4 cm³/mol. The molecule has 0 spiro atoms. The monoisotopic (exact) mass is 229 g/mol. The third kappa shape index (κ3) is 1.37. The lowest BCUT2D eigenvalue weighted by Gasteiger charge is -2.05. The third-order valence-electron chi connectivity index (χ3n) is 2.48. The smallest absolute Gasteiger partial charge is 0.154 e. The molecule has 0 bridgehead atoms. The Morgan fingerprint density at radius 1 is 1.06 bits per heavy atom. The van der Waals surface area contributed by atoms with E-state index in [4.69, 9.17) is 11.6 Å². The van der Waals surface area contributed by atoms with Crippen molar-refractivity contribution in [3.05, 3.63) is 54.2 Å². The number of hydrogen-bond acceptors (Lipinski definition) is 2. The molecule has 0 aliphatic carbocycles. The van der Waals surface area contributed by atoms with Crippen LogP contribution in [-0.4, -0.2) is 14.4 Å². The molecule has 3 nitrogen and oxygen atoms in total. The summed E-state index contributed by atoms with van der Waals surface area (Å²) in [6.07, 6.45) is 5.21. The van der Waals surface area contributed by atoms with Crippen molar-refractivity contribution in [2.45, 2.75) is 0 Å². The molecule has 1 aromatic carbocycles. The summed E-state index contributed by atoms with van der Waals surface area (Å²) in [6.45, 7) is 0. The fourth-order valence-electron chi connectivity index (χ4n) is 1.71. The Bertz CT molecular complexity index is 631. The van der Waals surface area contributed by atoms with Gasteiger partial charge < -0.3 is 0 Å². The summed E-state index contributed by atoms with van der Waals surface area (Å²) in [5, 5.41) is 0.470. The van der Waals surface area contributed by atoms with Crippen LogP contribution < -0.4 is 0 Å². The highest BCUT2D eigenvalue weighted by Crippen LogP contribution is 2.23. The average Bonchev–Trinajstić information content (AvgIpc) is 2.81. The Labute approximate surface area is 97.3 Å². The van der Waals surface area contributed by atoms with Gasteiger partial charge >= 0.3 is 0 Å². The van der Waals surface area contributed by atoms with Gasteiger partial charge in [0.25, 0.3) is 0 Å². The lowest BCUT2D eigenvalue weighted by molar-refractivity contribution is 1.12. The molecule has 3 rings (SSSR count). The van der Waals surface area contributed by atoms with Crippen LogP contribution in [0.4, 0.5) is 0 Å². The topological polar surface area (TPSA) is 30.2 Å². The van der Waals surface area contributed by atoms with E-state index in [0.29, 0.717) is 5.15 Å². The fraction of sp³-hybridized carbons (Fsp3) is 0. The van der Waals surface area contributed by atoms with Crippen LogP contribution in [0.15, 0.2) is 49.1 Å². The highest BCUT2D eigenvalue weighted by atomic mass is 35.5. The predicted octanol–water partition coefficient (Wildman–Crippen LogP) is 3.05. The van der Waals surface area contributed by atoms with Crippen molar-refractivity contribution >= 4 is 17.1 Å². The van der Waals surface area contributed by atoms with E-state index in [1.807, 2.05) is 34.7 Å². The number of aromatic nitrogens is 3. The number of rotatable bonds is 1. The van der Waals surface area contributed by atoms with E-state index < -0.39 is 0 Å². The van der Waals surface area contributed by atoms with Crippen LogP contribution in [0, 0.1) is 0 Å². The van der Waals surface area contributed by atoms with Gasteiger partial charge in [-0.1, -0.05) is 41.9 Å². The highest BCUT2D eigenvalue weighted by Gasteiger charge is 2.06. The van der Waals surface area contributed by atoms with Gasteiger partial charge in [-0.15, -0.1) is 0 Å². The van der Waals surface area contributed by atoms with Gasteiger partial charge in [-0.3, -0.25) is 4.40 Å². The van der Waals surface area contributed by atoms with Crippen LogP contribution in [-0.2, 0) is 0 Å². The molecule has 0 unspecified atom stereocenters. The van der Waals surface area contributed by atoms with Crippen LogP contribution in [0.1, 0.15) is 0 Å². The van der Waals surface area contributed by atoms with E-state index >= 15 is 0 Å². The molecule has 0 fully saturated rings. The summed E-state index contributed by atoms with van der Waals surface area (Å²) in [5.41, 5.74) is 2.90. The van der Waals surface area contributed by atoms with E-state index in [-0.39, 0.29) is 0 Å². The van der Waals surface area contributed by atoms with E-state index in [1.54, 1.807) is 18.7 Å². The van der Waals surface area contributed by atoms with Crippen molar-refractivity contribution in [1.29, 1.82) is 0 Å². The van der Waals surface area contributed by atoms with Gasteiger partial charge in [-0.2, -0.15) is 0 Å². The Hall–Kier alpha value is -1.87. The lowest BCUT2D eigenvalue weighted by atomic mass is 10.1. The molecule has 0 aliphatic rings. The molecule has 2 aromatic heterocycles. The Kier molecular flexibility index (Phi) is 2.11. The molecule has 3 aromatic rings. The van der Waals surface area contributed by atoms with Crippen molar-refractivity contribution in [3.63, 3.8) is 0 Å². The molecule has 0 saturated carbocycles. The molecule has 0 atom stereocenters. The standard InChI is InChI=1S/C12H8ClN3/c13-12-11-6-14-8-16(11)10(7-15-12)9-4-2-1-3-5-9/h1-8H.